The van der Waals surface area contributed by atoms with Crippen LogP contribution in [0.3, 0.4) is 0 Å². The number of rotatable bonds is 6. The van der Waals surface area contributed by atoms with Crippen LogP contribution in [-0.2, 0) is 4.79 Å². The summed E-state index contributed by atoms with van der Waals surface area (Å²) in [7, 11) is 0. The lowest BCUT2D eigenvalue weighted by Gasteiger charge is -2.37. The third-order valence-electron chi connectivity index (χ3n) is 5.50. The zero-order valence-corrected chi connectivity index (χ0v) is 18.7. The molecule has 2 amide bonds. The highest BCUT2D eigenvalue weighted by Gasteiger charge is 2.43. The van der Waals surface area contributed by atoms with Crippen molar-refractivity contribution in [1.82, 2.24) is 16.0 Å². The summed E-state index contributed by atoms with van der Waals surface area (Å²) in [6, 6.07) is 8.40. The first kappa shape index (κ1) is 24.9. The fraction of sp³-hybridized carbons (Fsp3) is 0.292. The molecule has 2 unspecified atom stereocenters. The number of amides is 2. The highest BCUT2D eigenvalue weighted by Crippen LogP contribution is 2.34. The molecule has 0 bridgehead atoms. The predicted octanol–water partition coefficient (Wildman–Crippen LogP) is 3.94. The van der Waals surface area contributed by atoms with Gasteiger partial charge >= 0.3 is 6.18 Å². The lowest BCUT2D eigenvalue weighted by Crippen LogP contribution is -2.57. The van der Waals surface area contributed by atoms with E-state index in [-0.39, 0.29) is 22.7 Å². The van der Waals surface area contributed by atoms with Crippen molar-refractivity contribution in [3.05, 3.63) is 82.4 Å². The van der Waals surface area contributed by atoms with Crippen molar-refractivity contribution in [3.63, 3.8) is 0 Å². The summed E-state index contributed by atoms with van der Waals surface area (Å²) in [5, 5.41) is 15.5. The fourth-order valence-corrected chi connectivity index (χ4v) is 3.76. The van der Waals surface area contributed by atoms with Gasteiger partial charge in [0.15, 0.2) is 0 Å². The topological polar surface area (TPSA) is 94.1 Å². The number of halogens is 4. The Hall–Kier alpha value is -3.69. The van der Waals surface area contributed by atoms with E-state index < -0.39 is 41.8 Å². The molecule has 0 saturated carbocycles. The molecule has 2 aromatic rings. The van der Waals surface area contributed by atoms with Gasteiger partial charge in [-0.15, -0.1) is 0 Å². The third-order valence-corrected chi connectivity index (χ3v) is 5.50. The second-order valence-electron chi connectivity index (χ2n) is 8.16. The van der Waals surface area contributed by atoms with Gasteiger partial charge in [0.25, 0.3) is 5.91 Å². The number of hydrogen-bond acceptors (Lipinski definition) is 4. The molecule has 1 heterocycles. The Kier molecular flexibility index (Phi) is 7.09. The Morgan fingerprint density at radius 2 is 1.79 bits per heavy atom. The zero-order chi connectivity index (χ0) is 25.2. The lowest BCUT2D eigenvalue weighted by molar-refractivity contribution is -0.150. The van der Waals surface area contributed by atoms with Crippen LogP contribution < -0.4 is 16.0 Å². The first-order valence-corrected chi connectivity index (χ1v) is 10.4. The molecule has 34 heavy (non-hydrogen) atoms. The van der Waals surface area contributed by atoms with Crippen molar-refractivity contribution < 1.29 is 27.2 Å². The molecular weight excluding hydrogens is 452 g/mol. The first-order chi connectivity index (χ1) is 15.9. The monoisotopic (exact) mass is 476 g/mol. The van der Waals surface area contributed by atoms with Gasteiger partial charge in [-0.1, -0.05) is 29.8 Å². The van der Waals surface area contributed by atoms with Crippen LogP contribution in [0.1, 0.15) is 41.3 Å². The van der Waals surface area contributed by atoms with Crippen molar-refractivity contribution in [2.45, 2.75) is 44.9 Å². The molecular formula is C24H24F4N4O2. The highest BCUT2D eigenvalue weighted by molar-refractivity contribution is 6.04. The molecule has 1 aliphatic heterocycles. The van der Waals surface area contributed by atoms with E-state index in [9.17, 15) is 27.2 Å². The number of alkyl halides is 3. The van der Waals surface area contributed by atoms with Crippen LogP contribution in [0.5, 0.6) is 0 Å². The van der Waals surface area contributed by atoms with Crippen molar-refractivity contribution in [3.8, 4) is 0 Å². The average molecular weight is 476 g/mol. The van der Waals surface area contributed by atoms with Crippen LogP contribution in [0, 0.1) is 18.2 Å². The second-order valence-corrected chi connectivity index (χ2v) is 8.16. The molecule has 1 aliphatic rings. The minimum atomic E-state index is -4.61. The minimum Gasteiger partial charge on any atom is -0.360 e. The van der Waals surface area contributed by atoms with E-state index >= 15 is 0 Å². The maximum absolute atomic E-state index is 13.6. The summed E-state index contributed by atoms with van der Waals surface area (Å²) in [6.45, 7) is 4.04. The van der Waals surface area contributed by atoms with Gasteiger partial charge in [0.1, 0.15) is 23.7 Å². The molecule has 2 aromatic carbocycles. The van der Waals surface area contributed by atoms with Gasteiger partial charge < -0.3 is 21.4 Å². The third kappa shape index (κ3) is 5.44. The highest BCUT2D eigenvalue weighted by atomic mass is 19.4. The molecule has 10 heteroatoms. The quantitative estimate of drug-likeness (QED) is 0.376. The number of nitrogens with one attached hydrogen (secondary N) is 4. The van der Waals surface area contributed by atoms with Gasteiger partial charge in [-0.2, -0.15) is 13.2 Å². The second kappa shape index (κ2) is 9.66. The van der Waals surface area contributed by atoms with Gasteiger partial charge in [0.05, 0.1) is 0 Å². The van der Waals surface area contributed by atoms with Gasteiger partial charge in [-0.25, -0.2) is 4.39 Å². The van der Waals surface area contributed by atoms with Gasteiger partial charge in [-0.05, 0) is 50.6 Å². The van der Waals surface area contributed by atoms with Crippen molar-refractivity contribution in [2.24, 2.45) is 0 Å². The van der Waals surface area contributed by atoms with Gasteiger partial charge in [0, 0.05) is 22.8 Å². The van der Waals surface area contributed by atoms with E-state index in [0.29, 0.717) is 5.56 Å². The summed E-state index contributed by atoms with van der Waals surface area (Å²) < 4.78 is 53.2. The summed E-state index contributed by atoms with van der Waals surface area (Å²) in [5.74, 6) is -3.21. The molecule has 6 nitrogen and oxygen atoms in total. The fourth-order valence-electron chi connectivity index (χ4n) is 3.76. The number of carbonyl (C=O) groups is 2. The summed E-state index contributed by atoms with van der Waals surface area (Å²) in [4.78, 5) is 26.0. The Morgan fingerprint density at radius 1 is 1.15 bits per heavy atom. The molecule has 180 valence electrons. The molecule has 0 saturated heterocycles. The summed E-state index contributed by atoms with van der Waals surface area (Å²) in [6.07, 6.45) is -4.61. The summed E-state index contributed by atoms with van der Waals surface area (Å²) in [5.41, 5.74) is 1.39. The Balaban J connectivity index is 2.09. The van der Waals surface area contributed by atoms with Crippen LogP contribution in [0.4, 0.5) is 17.6 Å². The number of aryl methyl sites for hydroxylation is 1. The van der Waals surface area contributed by atoms with Crippen LogP contribution >= 0.6 is 0 Å². The Labute approximate surface area is 193 Å². The molecule has 0 radical (unpaired) electrons. The molecule has 3 atom stereocenters. The van der Waals surface area contributed by atoms with Crippen molar-refractivity contribution in [2.75, 3.05) is 0 Å². The minimum absolute atomic E-state index is 0.0526. The van der Waals surface area contributed by atoms with E-state index in [1.165, 1.54) is 19.1 Å². The van der Waals surface area contributed by atoms with Gasteiger partial charge in [-0.3, -0.25) is 9.59 Å². The molecule has 4 N–H and O–H groups in total. The van der Waals surface area contributed by atoms with E-state index in [2.05, 4.69) is 16.0 Å². The van der Waals surface area contributed by atoms with E-state index in [4.69, 9.17) is 5.41 Å². The molecule has 0 spiro atoms. The van der Waals surface area contributed by atoms with E-state index in [1.54, 1.807) is 31.2 Å². The zero-order valence-electron chi connectivity index (χ0n) is 18.7. The smallest absolute Gasteiger partial charge is 0.360 e. The number of hydrogen-bond donors (Lipinski definition) is 4. The maximum Gasteiger partial charge on any atom is 0.408 e. The average Bonchev–Trinajstić information content (AvgIpc) is 2.74. The van der Waals surface area contributed by atoms with Gasteiger partial charge in [0.2, 0.25) is 5.91 Å². The van der Waals surface area contributed by atoms with E-state index in [0.717, 1.165) is 24.6 Å². The number of carbonyl (C=O) groups excluding carboxylic acids is 2. The van der Waals surface area contributed by atoms with Crippen LogP contribution in [-0.4, -0.2) is 35.8 Å². The molecule has 0 aliphatic carbocycles. The SMILES string of the molecule is CC(=N)C1=C(NC(C)C(F)(F)F)NC(=O)C(NC(=O)c2cccc(C)c2)[C@H]1c1ccc(F)cc1. The largest absolute Gasteiger partial charge is 0.408 e. The number of benzene rings is 2. The van der Waals surface area contributed by atoms with Crippen LogP contribution in [0.25, 0.3) is 0 Å². The normalized spacial score (nSPS) is 19.3. The van der Waals surface area contributed by atoms with Crippen LogP contribution in [0.2, 0.25) is 0 Å². The molecule has 0 aromatic heterocycles. The predicted molar refractivity (Wildman–Crippen MR) is 119 cm³/mol. The maximum atomic E-state index is 13.6. The Morgan fingerprint density at radius 3 is 2.35 bits per heavy atom. The molecule has 0 fully saturated rings. The Bertz CT molecular complexity index is 1140. The van der Waals surface area contributed by atoms with Crippen LogP contribution in [0.15, 0.2) is 59.9 Å². The lowest BCUT2D eigenvalue weighted by atomic mass is 9.79. The van der Waals surface area contributed by atoms with Crippen molar-refractivity contribution in [1.29, 1.82) is 5.41 Å². The standard InChI is InChI=1S/C24H24F4N4O2/c1-12-5-4-6-16(11-12)22(33)31-20-19(15-7-9-17(25)10-8-15)18(13(2)29)21(32-23(20)34)30-14(3)24(26,27)28/h4-11,14,19-20,29-30H,1-3H3,(H,31,33)(H,32,34)/t14?,19-,20?/m0/s1. The van der Waals surface area contributed by atoms with Crippen molar-refractivity contribution >= 4 is 17.5 Å². The van der Waals surface area contributed by atoms with E-state index in [1.807, 2.05) is 0 Å². The summed E-state index contributed by atoms with van der Waals surface area (Å²) >= 11 is 0. The first-order valence-electron chi connectivity index (χ1n) is 10.4. The molecule has 3 rings (SSSR count).